The molecule has 0 aromatic carbocycles. The number of hydrogen-bond donors (Lipinski definition) is 1. The molecule has 0 rings (SSSR count). The van der Waals surface area contributed by atoms with Gasteiger partial charge in [0.25, 0.3) is 5.91 Å². The van der Waals surface area contributed by atoms with Crippen LogP contribution >= 0.6 is 59.4 Å². The number of unbranched alkanes of at least 4 members (excludes halogenated alkanes) is 1. The molecule has 88 valence electrons. The molecule has 0 aliphatic heterocycles. The Balaban J connectivity index is 4.29. The molecule has 1 atom stereocenters. The molecule has 0 aliphatic carbocycles. The highest BCUT2D eigenvalue weighted by molar-refractivity contribution is 9.40. The summed E-state index contributed by atoms with van der Waals surface area (Å²) in [7, 11) is 0. The molecule has 15 heavy (non-hydrogen) atoms. The van der Waals surface area contributed by atoms with Gasteiger partial charge in [0.1, 0.15) is 6.04 Å². The lowest BCUT2D eigenvalue weighted by Crippen LogP contribution is -2.43. The lowest BCUT2D eigenvalue weighted by molar-refractivity contribution is -0.123. The molecule has 0 spiro atoms. The summed E-state index contributed by atoms with van der Waals surface area (Å²) in [6.07, 6.45) is 2.33. The number of hydrogen-bond acceptors (Lipinski definition) is 2. The van der Waals surface area contributed by atoms with Crippen LogP contribution in [0.25, 0.3) is 0 Å². The first kappa shape index (κ1) is 15.9. The van der Waals surface area contributed by atoms with Crippen LogP contribution in [0.4, 0.5) is 0 Å². The Kier molecular flexibility index (Phi) is 7.67. The molecular weight excluding hydrogens is 417 g/mol. The van der Waals surface area contributed by atoms with E-state index in [0.717, 1.165) is 12.8 Å². The van der Waals surface area contributed by atoms with Crippen molar-refractivity contribution < 1.29 is 9.59 Å². The number of rotatable bonds is 5. The standard InChI is InChI=1S/C8H11Br3ClNO2/c1-2-3-4-5(6(12)14)13-7(15)8(9,10)11/h5H,2-4H2,1H3,(H,13,15). The first-order chi connectivity index (χ1) is 6.79. The highest BCUT2D eigenvalue weighted by atomic mass is 80.0. The average molecular weight is 428 g/mol. The van der Waals surface area contributed by atoms with Gasteiger partial charge < -0.3 is 5.32 Å². The van der Waals surface area contributed by atoms with Crippen LogP contribution in [0.5, 0.6) is 0 Å². The molecule has 0 aromatic heterocycles. The smallest absolute Gasteiger partial charge is 0.259 e. The molecule has 0 aromatic rings. The summed E-state index contributed by atoms with van der Waals surface area (Å²) >= 11 is 14.5. The van der Waals surface area contributed by atoms with Crippen molar-refractivity contribution in [3.63, 3.8) is 0 Å². The molecule has 3 nitrogen and oxygen atoms in total. The number of nitrogens with one attached hydrogen (secondary N) is 1. The van der Waals surface area contributed by atoms with Gasteiger partial charge >= 0.3 is 0 Å². The summed E-state index contributed by atoms with van der Waals surface area (Å²) in [6, 6.07) is -0.633. The maximum absolute atomic E-state index is 11.5. The maximum atomic E-state index is 11.5. The van der Waals surface area contributed by atoms with Crippen LogP contribution in [0, 0.1) is 0 Å². The zero-order valence-electron chi connectivity index (χ0n) is 8.03. The minimum atomic E-state index is -1.05. The zero-order valence-corrected chi connectivity index (χ0v) is 13.5. The highest BCUT2D eigenvalue weighted by Crippen LogP contribution is 2.33. The van der Waals surface area contributed by atoms with Crippen molar-refractivity contribution in [2.45, 2.75) is 34.4 Å². The van der Waals surface area contributed by atoms with Crippen LogP contribution in [0.1, 0.15) is 26.2 Å². The van der Waals surface area contributed by atoms with Crippen LogP contribution in [0.2, 0.25) is 0 Å². The number of carbonyl (C=O) groups is 2. The van der Waals surface area contributed by atoms with Gasteiger partial charge in [0.2, 0.25) is 7.39 Å². The highest BCUT2D eigenvalue weighted by Gasteiger charge is 2.31. The van der Waals surface area contributed by atoms with Crippen LogP contribution in [0.15, 0.2) is 0 Å². The predicted molar refractivity (Wildman–Crippen MR) is 71.8 cm³/mol. The number of amides is 1. The summed E-state index contributed by atoms with van der Waals surface area (Å²) in [4.78, 5) is 22.5. The molecule has 1 N–H and O–H groups in total. The van der Waals surface area contributed by atoms with Gasteiger partial charge in [-0.15, -0.1) is 0 Å². The molecule has 0 aliphatic rings. The molecule has 7 heteroatoms. The van der Waals surface area contributed by atoms with Crippen molar-refractivity contribution in [3.8, 4) is 0 Å². The van der Waals surface area contributed by atoms with E-state index in [1.54, 1.807) is 0 Å². The van der Waals surface area contributed by atoms with Crippen molar-refractivity contribution in [2.75, 3.05) is 0 Å². The number of alkyl halides is 3. The first-order valence-electron chi connectivity index (χ1n) is 4.36. The Bertz CT molecular complexity index is 243. The normalized spacial score (nSPS) is 13.4. The summed E-state index contributed by atoms with van der Waals surface area (Å²) in [6.45, 7) is 2.00. The molecule has 0 saturated heterocycles. The molecule has 0 bridgehead atoms. The summed E-state index contributed by atoms with van der Waals surface area (Å²) < 4.78 is -1.05. The third-order valence-corrected chi connectivity index (χ3v) is 3.03. The molecule has 1 unspecified atom stereocenters. The Morgan fingerprint density at radius 1 is 1.40 bits per heavy atom. The lowest BCUT2D eigenvalue weighted by Gasteiger charge is -2.18. The Morgan fingerprint density at radius 3 is 2.27 bits per heavy atom. The average Bonchev–Trinajstić information content (AvgIpc) is 2.09. The van der Waals surface area contributed by atoms with Crippen LogP contribution < -0.4 is 5.32 Å². The van der Waals surface area contributed by atoms with Crippen molar-refractivity contribution in [3.05, 3.63) is 0 Å². The van der Waals surface area contributed by atoms with Gasteiger partial charge in [-0.05, 0) is 65.8 Å². The van der Waals surface area contributed by atoms with Crippen molar-refractivity contribution in [2.24, 2.45) is 0 Å². The fourth-order valence-corrected chi connectivity index (χ4v) is 1.40. The minimum Gasteiger partial charge on any atom is -0.342 e. The Hall–Kier alpha value is 0.870. The molecule has 0 heterocycles. The van der Waals surface area contributed by atoms with Crippen LogP contribution in [0.3, 0.4) is 0 Å². The van der Waals surface area contributed by atoms with Crippen molar-refractivity contribution in [1.82, 2.24) is 5.32 Å². The summed E-state index contributed by atoms with van der Waals surface area (Å²) in [5.41, 5.74) is 0. The molecule has 0 fully saturated rings. The van der Waals surface area contributed by atoms with Crippen LogP contribution in [-0.2, 0) is 9.59 Å². The molecule has 0 radical (unpaired) electrons. The quantitative estimate of drug-likeness (QED) is 0.540. The van der Waals surface area contributed by atoms with E-state index in [0.29, 0.717) is 6.42 Å². The van der Waals surface area contributed by atoms with E-state index >= 15 is 0 Å². The van der Waals surface area contributed by atoms with Crippen molar-refractivity contribution >= 4 is 70.5 Å². The molecule has 0 saturated carbocycles. The Morgan fingerprint density at radius 2 is 1.93 bits per heavy atom. The van der Waals surface area contributed by atoms with Gasteiger partial charge in [-0.2, -0.15) is 0 Å². The summed E-state index contributed by atoms with van der Waals surface area (Å²) in [5.74, 6) is -0.391. The first-order valence-corrected chi connectivity index (χ1v) is 7.11. The van der Waals surface area contributed by atoms with E-state index in [4.69, 9.17) is 11.6 Å². The SMILES string of the molecule is CCCCC(NC(=O)C(Br)(Br)Br)C(=O)Cl. The largest absolute Gasteiger partial charge is 0.342 e. The monoisotopic (exact) mass is 425 g/mol. The van der Waals surface area contributed by atoms with Crippen LogP contribution in [-0.4, -0.2) is 19.3 Å². The fraction of sp³-hybridized carbons (Fsp3) is 0.750. The van der Waals surface area contributed by atoms with Gasteiger partial charge in [-0.25, -0.2) is 0 Å². The van der Waals surface area contributed by atoms with E-state index < -0.39 is 19.3 Å². The van der Waals surface area contributed by atoms with E-state index in [-0.39, 0.29) is 0 Å². The van der Waals surface area contributed by atoms with E-state index in [1.165, 1.54) is 0 Å². The fourth-order valence-electron chi connectivity index (χ4n) is 0.891. The minimum absolute atomic E-state index is 0.391. The topological polar surface area (TPSA) is 46.2 Å². The lowest BCUT2D eigenvalue weighted by atomic mass is 10.1. The Labute approximate surface area is 119 Å². The van der Waals surface area contributed by atoms with Gasteiger partial charge in [0.05, 0.1) is 0 Å². The van der Waals surface area contributed by atoms with Gasteiger partial charge in [0, 0.05) is 0 Å². The maximum Gasteiger partial charge on any atom is 0.259 e. The predicted octanol–water partition coefficient (Wildman–Crippen LogP) is 3.27. The third kappa shape index (κ3) is 6.92. The second kappa shape index (κ2) is 7.25. The zero-order chi connectivity index (χ0) is 12.1. The summed E-state index contributed by atoms with van der Waals surface area (Å²) in [5, 5.41) is 1.98. The second-order valence-electron chi connectivity index (χ2n) is 2.97. The second-order valence-corrected chi connectivity index (χ2v) is 10.1. The van der Waals surface area contributed by atoms with E-state index in [1.807, 2.05) is 6.92 Å². The van der Waals surface area contributed by atoms with Gasteiger partial charge in [-0.1, -0.05) is 19.8 Å². The van der Waals surface area contributed by atoms with Crippen molar-refractivity contribution in [1.29, 1.82) is 0 Å². The molecule has 1 amide bonds. The van der Waals surface area contributed by atoms with E-state index in [2.05, 4.69) is 53.1 Å². The third-order valence-electron chi connectivity index (χ3n) is 1.68. The molecular formula is C8H11Br3ClNO2. The van der Waals surface area contributed by atoms with Gasteiger partial charge in [0.15, 0.2) is 0 Å². The van der Waals surface area contributed by atoms with E-state index in [9.17, 15) is 9.59 Å². The number of halogens is 4. The van der Waals surface area contributed by atoms with Gasteiger partial charge in [-0.3, -0.25) is 9.59 Å². The number of carbonyl (C=O) groups excluding carboxylic acids is 2.